The Hall–Kier alpha value is 1.57. The second kappa shape index (κ2) is 82.8. The maximum absolute atomic E-state index is 8.28. The van der Waals surface area contributed by atoms with Gasteiger partial charge in [-0.1, -0.05) is 0 Å². The van der Waals surface area contributed by atoms with Crippen LogP contribution in [0.3, 0.4) is 0 Å². The van der Waals surface area contributed by atoms with E-state index in [0.717, 1.165) is 0 Å². The predicted octanol–water partition coefficient (Wildman–Crippen LogP) is -3.54. The predicted molar refractivity (Wildman–Crippen MR) is 29.2 cm³/mol. The van der Waals surface area contributed by atoms with E-state index >= 15 is 0 Å². The summed E-state index contributed by atoms with van der Waals surface area (Å²) in [5.41, 5.74) is 0. The van der Waals surface area contributed by atoms with E-state index in [1.165, 1.54) is 0 Å². The van der Waals surface area contributed by atoms with Crippen LogP contribution >= 0.6 is 0 Å². The normalized spacial score (nSPS) is 1.17. The van der Waals surface area contributed by atoms with E-state index < -0.39 is 0 Å². The molecule has 0 rings (SSSR count). The van der Waals surface area contributed by atoms with Crippen molar-refractivity contribution in [3.8, 4) is 0 Å². The van der Waals surface area contributed by atoms with E-state index in [1.807, 2.05) is 0 Å². The van der Waals surface area contributed by atoms with Crippen molar-refractivity contribution in [1.29, 1.82) is 0 Å². The summed E-state index contributed by atoms with van der Waals surface area (Å²) in [6.07, 6.45) is 0. The molecule has 0 spiro atoms. The molecule has 3 nitrogen and oxygen atoms in total. The Balaban J connectivity index is -0.00000000500. The molecule has 0 amide bonds. The Morgan fingerprint density at radius 1 is 1.17 bits per heavy atom. The van der Waals surface area contributed by atoms with Crippen molar-refractivity contribution in [1.82, 2.24) is 0 Å². The quantitative estimate of drug-likeness (QED) is 0.336. The van der Waals surface area contributed by atoms with Gasteiger partial charge in [-0.3, -0.25) is 0 Å². The van der Waals surface area contributed by atoms with Crippen molar-refractivity contribution in [2.75, 3.05) is 0 Å². The number of rotatable bonds is 0. The van der Waals surface area contributed by atoms with Crippen molar-refractivity contribution in [3.05, 3.63) is 0 Å². The zero-order valence-corrected chi connectivity index (χ0v) is 5.56. The van der Waals surface area contributed by atoms with Crippen LogP contribution in [0.2, 0.25) is 0 Å². The van der Waals surface area contributed by atoms with E-state index in [-0.39, 0.29) is 43.2 Å². The summed E-state index contributed by atoms with van der Waals surface area (Å²) in [4.78, 5) is 0. The van der Waals surface area contributed by atoms with Gasteiger partial charge in [-0.05, 0) is 0 Å². The first-order valence-corrected chi connectivity index (χ1v) is 1.73. The van der Waals surface area contributed by atoms with Gasteiger partial charge in [0.25, 0.3) is 0 Å². The molecule has 34 valence electrons. The fraction of sp³-hybridized carbons (Fsp3) is 0. The molecule has 2 N–H and O–H groups in total. The van der Waals surface area contributed by atoms with Crippen molar-refractivity contribution in [2.24, 2.45) is 0 Å². The molecule has 0 aliphatic rings. The first kappa shape index (κ1) is 25.6. The van der Waals surface area contributed by atoms with Gasteiger partial charge in [0, 0.05) is 0 Å². The molecule has 0 heterocycles. The van der Waals surface area contributed by atoms with Gasteiger partial charge in [0.05, 0.1) is 0 Å². The van der Waals surface area contributed by atoms with Crippen LogP contribution in [0.25, 0.3) is 0 Å². The minimum atomic E-state index is 0. The Bertz CT molecular complexity index is 12.8. The van der Waals surface area contributed by atoms with Crippen LogP contribution in [-0.4, -0.2) is 69.6 Å². The molecule has 0 aliphatic carbocycles. The van der Waals surface area contributed by atoms with Crippen molar-refractivity contribution in [3.63, 3.8) is 0 Å². The first-order valence-electron chi connectivity index (χ1n) is 0.577. The molecule has 0 atom stereocenters. The van der Waals surface area contributed by atoms with Gasteiger partial charge >= 0.3 is 57.8 Å². The Morgan fingerprint density at radius 2 is 1.17 bits per heavy atom. The van der Waals surface area contributed by atoms with Gasteiger partial charge in [0.2, 0.25) is 10.1 Å². The summed E-state index contributed by atoms with van der Waals surface area (Å²) in [7, 11) is 0.611. The molecule has 0 saturated carbocycles. The monoisotopic (exact) mass is 150 g/mol. The minimum absolute atomic E-state index is 0. The summed E-state index contributed by atoms with van der Waals surface area (Å²) < 4.78 is 16.6. The van der Waals surface area contributed by atoms with Crippen molar-refractivity contribution in [2.45, 2.75) is 0 Å². The Kier molecular flexibility index (Phi) is 354. The molecule has 0 aromatic rings. The third-order valence-electron chi connectivity index (χ3n) is 0. The van der Waals surface area contributed by atoms with Crippen molar-refractivity contribution >= 4 is 64.1 Å². The standard InChI is InChI=1S/Al.Ca.H2OSi.H2O.O.3H/c;;1-2;;;;;/h;;2H2;1H2;;;;. The SMILES string of the molecule is O.O=[SiH2].[CaH2].[O]=[AlH]. The van der Waals surface area contributed by atoms with Crippen LogP contribution in [-0.2, 0) is 8.27 Å². The Morgan fingerprint density at radius 3 is 1.17 bits per heavy atom. The third-order valence-corrected chi connectivity index (χ3v) is 0. The van der Waals surface area contributed by atoms with E-state index in [0.29, 0.717) is 26.4 Å². The molecule has 0 fully saturated rings. The summed E-state index contributed by atoms with van der Waals surface area (Å²) >= 11 is 0.611. The van der Waals surface area contributed by atoms with Gasteiger partial charge in [-0.15, -0.1) is 0 Å². The van der Waals surface area contributed by atoms with Crippen molar-refractivity contribution < 1.29 is 13.7 Å². The Labute approximate surface area is 76.9 Å². The summed E-state index contributed by atoms with van der Waals surface area (Å²) in [6.45, 7) is 0. The molecule has 0 bridgehead atoms. The molecule has 0 saturated heterocycles. The number of hydrogen-bond donors (Lipinski definition) is 0. The summed E-state index contributed by atoms with van der Waals surface area (Å²) in [5, 5.41) is 0. The molecular weight excluding hydrogens is 143 g/mol. The topological polar surface area (TPSA) is 65.6 Å². The van der Waals surface area contributed by atoms with Crippen LogP contribution in [0.1, 0.15) is 0 Å². The fourth-order valence-electron chi connectivity index (χ4n) is 0. The zero-order chi connectivity index (χ0) is 4.00. The molecule has 0 aromatic heterocycles. The summed E-state index contributed by atoms with van der Waals surface area (Å²) in [6, 6.07) is 0. The third kappa shape index (κ3) is 47.2. The van der Waals surface area contributed by atoms with E-state index in [9.17, 15) is 0 Å². The summed E-state index contributed by atoms with van der Waals surface area (Å²) in [5.74, 6) is 0. The van der Waals surface area contributed by atoms with E-state index in [1.54, 1.807) is 0 Å². The molecule has 0 radical (unpaired) electrons. The fourth-order valence-corrected chi connectivity index (χ4v) is 0. The molecule has 6 heteroatoms. The van der Waals surface area contributed by atoms with E-state index in [2.05, 4.69) is 0 Å². The maximum atomic E-state index is 8.28. The van der Waals surface area contributed by atoms with E-state index in [4.69, 9.17) is 8.27 Å². The van der Waals surface area contributed by atoms with Crippen LogP contribution in [0, 0.1) is 0 Å². The van der Waals surface area contributed by atoms with Gasteiger partial charge in [-0.2, -0.15) is 0 Å². The van der Waals surface area contributed by atoms with Gasteiger partial charge < -0.3 is 9.94 Å². The second-order valence-corrected chi connectivity index (χ2v) is 0. The number of hydrogen-bond acceptors (Lipinski definition) is 2. The molecule has 0 aliphatic heterocycles. The molecule has 0 aromatic carbocycles. The van der Waals surface area contributed by atoms with Crippen LogP contribution < -0.4 is 0 Å². The van der Waals surface area contributed by atoms with Gasteiger partial charge in [0.15, 0.2) is 0 Å². The average Bonchev–Trinajstić information content (AvgIpc) is 1.50. The van der Waals surface area contributed by atoms with Gasteiger partial charge in [-0.25, -0.2) is 0 Å². The molecular formula is H7AlCaO3Si. The van der Waals surface area contributed by atoms with Gasteiger partial charge in [0.1, 0.15) is 0 Å². The van der Waals surface area contributed by atoms with Crippen LogP contribution in [0.5, 0.6) is 0 Å². The zero-order valence-electron chi connectivity index (χ0n) is 2.73. The van der Waals surface area contributed by atoms with Crippen LogP contribution in [0.15, 0.2) is 0 Å². The molecule has 0 unspecified atom stereocenters. The second-order valence-electron chi connectivity index (χ2n) is 0. The average molecular weight is 150 g/mol. The molecule has 6 heavy (non-hydrogen) atoms. The first-order chi connectivity index (χ1) is 2.00. The van der Waals surface area contributed by atoms with Crippen LogP contribution in [0.4, 0.5) is 0 Å².